The first-order valence-electron chi connectivity index (χ1n) is 8.57. The number of likely N-dealkylation sites (tertiary alicyclic amines) is 1. The van der Waals surface area contributed by atoms with E-state index in [1.165, 1.54) is 0 Å². The minimum absolute atomic E-state index is 0.0678. The van der Waals surface area contributed by atoms with Gasteiger partial charge in [0.25, 0.3) is 0 Å². The maximum atomic E-state index is 13.0. The van der Waals surface area contributed by atoms with Gasteiger partial charge < -0.3 is 19.1 Å². The maximum absolute atomic E-state index is 13.0. The van der Waals surface area contributed by atoms with Crippen LogP contribution in [0.5, 0.6) is 0 Å². The number of rotatable bonds is 6. The third-order valence-corrected chi connectivity index (χ3v) is 5.03. The Kier molecular flexibility index (Phi) is 4.89. The van der Waals surface area contributed by atoms with Gasteiger partial charge in [-0.25, -0.2) is 4.98 Å². The van der Waals surface area contributed by atoms with Crippen LogP contribution in [0.2, 0.25) is 0 Å². The number of hydrogen-bond donors (Lipinski definition) is 0. The largest absolute Gasteiger partial charge is 0.383 e. The van der Waals surface area contributed by atoms with Crippen LogP contribution in [0.15, 0.2) is 12.4 Å². The predicted octanol–water partition coefficient (Wildman–Crippen LogP) is 0.967. The van der Waals surface area contributed by atoms with Crippen molar-refractivity contribution in [1.82, 2.24) is 19.4 Å². The topological polar surface area (TPSA) is 67.7 Å². The summed E-state index contributed by atoms with van der Waals surface area (Å²) in [6.07, 6.45) is 6.66. The lowest BCUT2D eigenvalue weighted by molar-refractivity contribution is -0.148. The Hall–Kier alpha value is -1.89. The molecule has 0 radical (unpaired) electrons. The highest BCUT2D eigenvalue weighted by molar-refractivity contribution is 5.85. The second kappa shape index (κ2) is 6.93. The van der Waals surface area contributed by atoms with Gasteiger partial charge in [0.05, 0.1) is 12.5 Å². The van der Waals surface area contributed by atoms with Gasteiger partial charge in [-0.15, -0.1) is 0 Å². The van der Waals surface area contributed by atoms with Crippen molar-refractivity contribution in [2.24, 2.45) is 13.0 Å². The number of nitrogens with zero attached hydrogens (tertiary/aromatic N) is 4. The molecule has 2 heterocycles. The number of imidazole rings is 1. The molecule has 0 aromatic carbocycles. The van der Waals surface area contributed by atoms with Crippen LogP contribution < -0.4 is 0 Å². The van der Waals surface area contributed by atoms with Crippen molar-refractivity contribution in [3.8, 4) is 0 Å². The SMILES string of the molecule is COCCN(C)C(=O)[C@H]1CCC(=O)N(C2CC2)[C@@H]1c1nccn1C. The Morgan fingerprint density at radius 2 is 2.17 bits per heavy atom. The Morgan fingerprint density at radius 1 is 1.42 bits per heavy atom. The molecule has 2 amide bonds. The van der Waals surface area contributed by atoms with Gasteiger partial charge in [0.2, 0.25) is 11.8 Å². The van der Waals surface area contributed by atoms with Crippen molar-refractivity contribution < 1.29 is 14.3 Å². The Morgan fingerprint density at radius 3 is 2.75 bits per heavy atom. The average Bonchev–Trinajstić information content (AvgIpc) is 3.32. The van der Waals surface area contributed by atoms with E-state index >= 15 is 0 Å². The molecule has 7 heteroatoms. The first kappa shape index (κ1) is 17.0. The average molecular weight is 334 g/mol. The number of hydrogen-bond acceptors (Lipinski definition) is 4. The van der Waals surface area contributed by atoms with Gasteiger partial charge in [-0.1, -0.05) is 0 Å². The molecule has 24 heavy (non-hydrogen) atoms. The van der Waals surface area contributed by atoms with E-state index < -0.39 is 0 Å². The van der Waals surface area contributed by atoms with Crippen LogP contribution in [-0.4, -0.2) is 64.5 Å². The smallest absolute Gasteiger partial charge is 0.228 e. The molecule has 0 bridgehead atoms. The molecule has 2 fully saturated rings. The summed E-state index contributed by atoms with van der Waals surface area (Å²) >= 11 is 0. The fourth-order valence-corrected chi connectivity index (χ4v) is 3.54. The van der Waals surface area contributed by atoms with Gasteiger partial charge in [0.1, 0.15) is 11.9 Å². The van der Waals surface area contributed by atoms with Crippen LogP contribution in [-0.2, 0) is 21.4 Å². The van der Waals surface area contributed by atoms with Crippen LogP contribution >= 0.6 is 0 Å². The summed E-state index contributed by atoms with van der Waals surface area (Å²) in [7, 11) is 5.35. The van der Waals surface area contributed by atoms with Crippen molar-refractivity contribution in [2.45, 2.75) is 37.8 Å². The molecule has 1 aromatic heterocycles. The highest BCUT2D eigenvalue weighted by Crippen LogP contribution is 2.43. The van der Waals surface area contributed by atoms with E-state index in [2.05, 4.69) is 4.98 Å². The molecule has 1 aromatic rings. The normalized spacial score (nSPS) is 24.3. The summed E-state index contributed by atoms with van der Waals surface area (Å²) in [6.45, 7) is 1.06. The number of piperidine rings is 1. The van der Waals surface area contributed by atoms with E-state index in [4.69, 9.17) is 4.74 Å². The van der Waals surface area contributed by atoms with E-state index in [0.29, 0.717) is 26.0 Å². The standard InChI is InChI=1S/C17H26N4O3/c1-19-9-8-18-16(19)15-13(17(23)20(2)10-11-24-3)6-7-14(22)21(15)12-4-5-12/h8-9,12-13,15H,4-7,10-11H2,1-3H3/t13-,15-/m0/s1. The van der Waals surface area contributed by atoms with Crippen LogP contribution in [0.4, 0.5) is 0 Å². The first-order chi connectivity index (χ1) is 11.5. The summed E-state index contributed by atoms with van der Waals surface area (Å²) in [4.78, 5) is 33.7. The summed E-state index contributed by atoms with van der Waals surface area (Å²) in [5.41, 5.74) is 0. The molecule has 1 aliphatic heterocycles. The zero-order chi connectivity index (χ0) is 17.3. The number of amides is 2. The quantitative estimate of drug-likeness (QED) is 0.777. The van der Waals surface area contributed by atoms with E-state index in [9.17, 15) is 9.59 Å². The van der Waals surface area contributed by atoms with E-state index in [1.807, 2.05) is 22.7 Å². The maximum Gasteiger partial charge on any atom is 0.228 e. The summed E-state index contributed by atoms with van der Waals surface area (Å²) in [5.74, 6) is 0.770. The highest BCUT2D eigenvalue weighted by Gasteiger charge is 2.48. The van der Waals surface area contributed by atoms with Crippen molar-refractivity contribution in [3.63, 3.8) is 0 Å². The number of carbonyl (C=O) groups excluding carboxylic acids is 2. The van der Waals surface area contributed by atoms with Gasteiger partial charge in [-0.2, -0.15) is 0 Å². The third-order valence-electron chi connectivity index (χ3n) is 5.03. The Balaban J connectivity index is 1.89. The second-order valence-corrected chi connectivity index (χ2v) is 6.77. The first-order valence-corrected chi connectivity index (χ1v) is 8.57. The minimum atomic E-state index is -0.267. The van der Waals surface area contributed by atoms with Gasteiger partial charge in [0, 0.05) is 52.6 Å². The number of aryl methyl sites for hydroxylation is 1. The minimum Gasteiger partial charge on any atom is -0.383 e. The zero-order valence-corrected chi connectivity index (χ0v) is 14.6. The molecule has 7 nitrogen and oxygen atoms in total. The van der Waals surface area contributed by atoms with E-state index in [1.54, 1.807) is 25.3 Å². The summed E-state index contributed by atoms with van der Waals surface area (Å²) < 4.78 is 7.00. The fraction of sp³-hybridized carbons (Fsp3) is 0.706. The third kappa shape index (κ3) is 3.17. The number of methoxy groups -OCH3 is 1. The fourth-order valence-electron chi connectivity index (χ4n) is 3.54. The summed E-state index contributed by atoms with van der Waals surface area (Å²) in [5, 5.41) is 0. The molecule has 3 rings (SSSR count). The number of likely N-dealkylation sites (N-methyl/N-ethyl adjacent to an activating group) is 1. The lowest BCUT2D eigenvalue weighted by atomic mass is 9.86. The van der Waals surface area contributed by atoms with Crippen LogP contribution in [0, 0.1) is 5.92 Å². The number of aromatic nitrogens is 2. The molecule has 0 unspecified atom stereocenters. The van der Waals surface area contributed by atoms with Gasteiger partial charge in [-0.3, -0.25) is 9.59 Å². The van der Waals surface area contributed by atoms with Gasteiger partial charge in [-0.05, 0) is 19.3 Å². The molecule has 1 saturated heterocycles. The van der Waals surface area contributed by atoms with Crippen molar-refractivity contribution in [2.75, 3.05) is 27.3 Å². The van der Waals surface area contributed by atoms with Crippen molar-refractivity contribution in [3.05, 3.63) is 18.2 Å². The number of ether oxygens (including phenoxy) is 1. The lowest BCUT2D eigenvalue weighted by Crippen LogP contribution is -2.50. The Bertz CT molecular complexity index is 611. The van der Waals surface area contributed by atoms with Crippen molar-refractivity contribution in [1.29, 1.82) is 0 Å². The molecule has 0 spiro atoms. The van der Waals surface area contributed by atoms with Gasteiger partial charge >= 0.3 is 0 Å². The number of carbonyl (C=O) groups is 2. The van der Waals surface area contributed by atoms with Crippen LogP contribution in [0.1, 0.15) is 37.5 Å². The monoisotopic (exact) mass is 334 g/mol. The molecule has 2 aliphatic rings. The van der Waals surface area contributed by atoms with E-state index in [0.717, 1.165) is 18.7 Å². The summed E-state index contributed by atoms with van der Waals surface area (Å²) in [6, 6.07) is -0.00433. The molecular weight excluding hydrogens is 308 g/mol. The molecule has 132 valence electrons. The molecule has 2 atom stereocenters. The predicted molar refractivity (Wildman–Crippen MR) is 88.1 cm³/mol. The second-order valence-electron chi connectivity index (χ2n) is 6.77. The van der Waals surface area contributed by atoms with Crippen LogP contribution in [0.25, 0.3) is 0 Å². The highest BCUT2D eigenvalue weighted by atomic mass is 16.5. The zero-order valence-electron chi connectivity index (χ0n) is 14.6. The lowest BCUT2D eigenvalue weighted by Gasteiger charge is -2.41. The molecular formula is C17H26N4O3. The van der Waals surface area contributed by atoms with E-state index in [-0.39, 0.29) is 29.8 Å². The Labute approximate surface area is 142 Å². The van der Waals surface area contributed by atoms with Crippen LogP contribution in [0.3, 0.4) is 0 Å². The van der Waals surface area contributed by atoms with Gasteiger partial charge in [0.15, 0.2) is 0 Å². The molecule has 0 N–H and O–H groups in total. The molecule has 1 saturated carbocycles. The van der Waals surface area contributed by atoms with Crippen molar-refractivity contribution >= 4 is 11.8 Å². The molecule has 1 aliphatic carbocycles.